The molecule has 1 aliphatic heterocycles. The average molecular weight is 353 g/mol. The second kappa shape index (κ2) is 6.51. The topological polar surface area (TPSA) is 81.2 Å². The maximum Gasteiger partial charge on any atom is 0.272 e. The van der Waals surface area contributed by atoms with Crippen molar-refractivity contribution < 1.29 is 4.79 Å². The normalized spacial score (nSPS) is 18.0. The fourth-order valence-electron chi connectivity index (χ4n) is 3.66. The Hall–Kier alpha value is -2.77. The monoisotopic (exact) mass is 353 g/mol. The van der Waals surface area contributed by atoms with E-state index >= 15 is 0 Å². The van der Waals surface area contributed by atoms with Gasteiger partial charge in [-0.25, -0.2) is 14.5 Å². The molecule has 1 saturated heterocycles. The first-order valence-corrected chi connectivity index (χ1v) is 9.01. The number of carbonyl (C=O) groups is 1. The van der Waals surface area contributed by atoms with E-state index in [1.54, 1.807) is 4.52 Å². The van der Waals surface area contributed by atoms with Crippen LogP contribution in [0.3, 0.4) is 0 Å². The van der Waals surface area contributed by atoms with Gasteiger partial charge in [-0.05, 0) is 24.8 Å². The van der Waals surface area contributed by atoms with Crippen LogP contribution < -0.4 is 0 Å². The van der Waals surface area contributed by atoms with E-state index in [9.17, 15) is 4.79 Å². The lowest BCUT2D eigenvalue weighted by molar-refractivity contribution is 0.0697. The van der Waals surface area contributed by atoms with Crippen molar-refractivity contribution in [3.05, 3.63) is 42.0 Å². The van der Waals surface area contributed by atoms with E-state index < -0.39 is 0 Å². The molecule has 8 nitrogen and oxygen atoms in total. The van der Waals surface area contributed by atoms with E-state index in [0.29, 0.717) is 18.0 Å². The summed E-state index contributed by atoms with van der Waals surface area (Å²) in [5, 5.41) is 4.22. The van der Waals surface area contributed by atoms with Gasteiger partial charge in [0.1, 0.15) is 17.8 Å². The van der Waals surface area contributed by atoms with Crippen molar-refractivity contribution in [2.24, 2.45) is 7.05 Å². The molecular formula is C18H23N7O. The average Bonchev–Trinajstić information content (AvgIpc) is 3.28. The number of piperidine rings is 1. The number of amides is 1. The Labute approximate surface area is 151 Å². The van der Waals surface area contributed by atoms with Gasteiger partial charge >= 0.3 is 0 Å². The fraction of sp³-hybridized carbons (Fsp3) is 0.500. The van der Waals surface area contributed by atoms with Gasteiger partial charge in [-0.1, -0.05) is 13.8 Å². The van der Waals surface area contributed by atoms with Crippen LogP contribution in [0.1, 0.15) is 60.5 Å². The molecule has 3 aromatic rings. The Bertz CT molecular complexity index is 942. The largest absolute Gasteiger partial charge is 0.338 e. The van der Waals surface area contributed by atoms with Gasteiger partial charge in [0.15, 0.2) is 0 Å². The molecule has 8 heteroatoms. The van der Waals surface area contributed by atoms with Gasteiger partial charge in [-0.2, -0.15) is 10.1 Å². The number of carbonyl (C=O) groups excluding carboxylic acids is 1. The third-order valence-electron chi connectivity index (χ3n) is 5.02. The Morgan fingerprint density at radius 2 is 2.15 bits per heavy atom. The number of aromatic nitrogens is 6. The number of nitrogens with zero attached hydrogens (tertiary/aromatic N) is 7. The number of rotatable bonds is 3. The molecule has 1 fully saturated rings. The molecule has 1 aliphatic rings. The molecule has 4 rings (SSSR count). The molecule has 136 valence electrons. The van der Waals surface area contributed by atoms with E-state index in [0.717, 1.165) is 30.9 Å². The Morgan fingerprint density at radius 1 is 1.31 bits per heavy atom. The third-order valence-corrected chi connectivity index (χ3v) is 5.02. The first-order valence-electron chi connectivity index (χ1n) is 9.01. The van der Waals surface area contributed by atoms with Gasteiger partial charge in [0, 0.05) is 38.4 Å². The van der Waals surface area contributed by atoms with Crippen LogP contribution in [-0.4, -0.2) is 53.0 Å². The van der Waals surface area contributed by atoms with Crippen LogP contribution in [0.25, 0.3) is 5.78 Å². The van der Waals surface area contributed by atoms with Gasteiger partial charge in [-0.3, -0.25) is 4.79 Å². The van der Waals surface area contributed by atoms with Gasteiger partial charge in [0.25, 0.3) is 11.7 Å². The molecule has 0 aromatic carbocycles. The molecule has 1 unspecified atom stereocenters. The lowest BCUT2D eigenvalue weighted by Crippen LogP contribution is -2.40. The highest BCUT2D eigenvalue weighted by Gasteiger charge is 2.29. The summed E-state index contributed by atoms with van der Waals surface area (Å²) in [5.74, 6) is 1.93. The summed E-state index contributed by atoms with van der Waals surface area (Å²) in [6, 6.07) is 1.85. The molecule has 1 amide bonds. The van der Waals surface area contributed by atoms with Gasteiger partial charge in [-0.15, -0.1) is 0 Å². The van der Waals surface area contributed by atoms with E-state index in [1.165, 1.54) is 6.33 Å². The number of fused-ring (bicyclic) bond motifs is 1. The van der Waals surface area contributed by atoms with Crippen molar-refractivity contribution in [2.45, 2.75) is 38.5 Å². The molecular weight excluding hydrogens is 330 g/mol. The molecule has 3 aromatic heterocycles. The molecule has 1 atom stereocenters. The van der Waals surface area contributed by atoms with Crippen molar-refractivity contribution in [2.75, 3.05) is 13.1 Å². The van der Waals surface area contributed by atoms with Gasteiger partial charge < -0.3 is 9.47 Å². The number of likely N-dealkylation sites (tertiary alicyclic amines) is 1. The van der Waals surface area contributed by atoms with Crippen LogP contribution in [0.2, 0.25) is 0 Å². The SMILES string of the molecule is CC(C)c1cc(C(=O)N2CCCC(c3nccn3C)C2)nc2ncnn12. The second-order valence-corrected chi connectivity index (χ2v) is 7.18. The minimum atomic E-state index is -0.0451. The van der Waals surface area contributed by atoms with Crippen LogP contribution in [0.15, 0.2) is 24.8 Å². The summed E-state index contributed by atoms with van der Waals surface area (Å²) in [6.45, 7) is 5.56. The maximum absolute atomic E-state index is 13.1. The zero-order valence-electron chi connectivity index (χ0n) is 15.3. The number of imidazole rings is 1. The van der Waals surface area contributed by atoms with Gasteiger partial charge in [0.05, 0.1) is 5.69 Å². The summed E-state index contributed by atoms with van der Waals surface area (Å²) < 4.78 is 3.74. The van der Waals surface area contributed by atoms with Crippen LogP contribution in [0, 0.1) is 0 Å². The zero-order chi connectivity index (χ0) is 18.3. The highest BCUT2D eigenvalue weighted by molar-refractivity contribution is 5.93. The van der Waals surface area contributed by atoms with E-state index in [2.05, 4.69) is 33.9 Å². The lowest BCUT2D eigenvalue weighted by Gasteiger charge is -2.32. The quantitative estimate of drug-likeness (QED) is 0.719. The molecule has 0 spiro atoms. The van der Waals surface area contributed by atoms with E-state index in [-0.39, 0.29) is 17.7 Å². The van der Waals surface area contributed by atoms with Crippen LogP contribution >= 0.6 is 0 Å². The zero-order valence-corrected chi connectivity index (χ0v) is 15.3. The summed E-state index contributed by atoms with van der Waals surface area (Å²) in [7, 11) is 2.00. The summed E-state index contributed by atoms with van der Waals surface area (Å²) in [4.78, 5) is 28.1. The number of aryl methyl sites for hydroxylation is 1. The van der Waals surface area contributed by atoms with Crippen molar-refractivity contribution in [1.82, 2.24) is 34.0 Å². The van der Waals surface area contributed by atoms with Crippen LogP contribution in [0.5, 0.6) is 0 Å². The molecule has 0 N–H and O–H groups in total. The first-order chi connectivity index (χ1) is 12.5. The minimum Gasteiger partial charge on any atom is -0.338 e. The standard InChI is InChI=1S/C18H23N7O/c1-12(2)15-9-14(22-18-20-11-21-25(15)18)17(26)24-7-4-5-13(10-24)16-19-6-8-23(16)3/h6,8-9,11-13H,4-5,7,10H2,1-3H3. The fourth-order valence-corrected chi connectivity index (χ4v) is 3.66. The lowest BCUT2D eigenvalue weighted by atomic mass is 9.96. The van der Waals surface area contributed by atoms with Crippen molar-refractivity contribution in [3.63, 3.8) is 0 Å². The first kappa shape index (κ1) is 16.7. The number of hydrogen-bond donors (Lipinski definition) is 0. The highest BCUT2D eigenvalue weighted by atomic mass is 16.2. The van der Waals surface area contributed by atoms with Crippen LogP contribution in [-0.2, 0) is 7.05 Å². The molecule has 0 bridgehead atoms. The summed E-state index contributed by atoms with van der Waals surface area (Å²) in [6.07, 6.45) is 7.24. The Balaban J connectivity index is 1.63. The van der Waals surface area contributed by atoms with Crippen molar-refractivity contribution in [3.8, 4) is 0 Å². The number of hydrogen-bond acceptors (Lipinski definition) is 5. The van der Waals surface area contributed by atoms with E-state index in [4.69, 9.17) is 0 Å². The molecule has 0 aliphatic carbocycles. The van der Waals surface area contributed by atoms with Gasteiger partial charge in [0.2, 0.25) is 0 Å². The third kappa shape index (κ3) is 2.85. The Morgan fingerprint density at radius 3 is 2.88 bits per heavy atom. The molecule has 4 heterocycles. The maximum atomic E-state index is 13.1. The smallest absolute Gasteiger partial charge is 0.272 e. The van der Waals surface area contributed by atoms with Crippen molar-refractivity contribution >= 4 is 11.7 Å². The Kier molecular flexibility index (Phi) is 4.18. The summed E-state index contributed by atoms with van der Waals surface area (Å²) in [5.41, 5.74) is 1.38. The van der Waals surface area contributed by atoms with E-state index in [1.807, 2.05) is 35.0 Å². The van der Waals surface area contributed by atoms with Crippen molar-refractivity contribution in [1.29, 1.82) is 0 Å². The predicted octanol–water partition coefficient (Wildman–Crippen LogP) is 2.00. The van der Waals surface area contributed by atoms with Crippen LogP contribution in [0.4, 0.5) is 0 Å². The minimum absolute atomic E-state index is 0.0451. The second-order valence-electron chi connectivity index (χ2n) is 7.18. The molecule has 0 radical (unpaired) electrons. The summed E-state index contributed by atoms with van der Waals surface area (Å²) >= 11 is 0. The molecule has 26 heavy (non-hydrogen) atoms. The molecule has 0 saturated carbocycles. The highest BCUT2D eigenvalue weighted by Crippen LogP contribution is 2.26. The predicted molar refractivity (Wildman–Crippen MR) is 96.0 cm³/mol.